The van der Waals surface area contributed by atoms with Gasteiger partial charge in [0.15, 0.2) is 0 Å². The maximum Gasteiger partial charge on any atom is 0.0468 e. The Hall–Kier alpha value is -0.120. The van der Waals surface area contributed by atoms with E-state index in [1.165, 1.54) is 38.9 Å². The summed E-state index contributed by atoms with van der Waals surface area (Å²) in [6.07, 6.45) is 4.05. The number of hydrogen-bond donors (Lipinski definition) is 1. The molecule has 3 heteroatoms. The molecule has 1 heterocycles. The molecule has 1 aliphatic heterocycles. The highest BCUT2D eigenvalue weighted by Crippen LogP contribution is 2.49. The predicted molar refractivity (Wildman–Crippen MR) is 75.8 cm³/mol. The Kier molecular flexibility index (Phi) is 4.35. The van der Waals surface area contributed by atoms with E-state index in [0.29, 0.717) is 16.9 Å². The lowest BCUT2D eigenvalue weighted by Crippen LogP contribution is -2.56. The van der Waals surface area contributed by atoms with Crippen molar-refractivity contribution in [3.05, 3.63) is 0 Å². The molecule has 1 atom stereocenters. The van der Waals surface area contributed by atoms with E-state index in [2.05, 4.69) is 31.0 Å². The fourth-order valence-electron chi connectivity index (χ4n) is 2.99. The van der Waals surface area contributed by atoms with Crippen LogP contribution in [0, 0.1) is 10.8 Å². The average Bonchev–Trinajstić information content (AvgIpc) is 3.06. The summed E-state index contributed by atoms with van der Waals surface area (Å²) >= 11 is 0. The predicted octanol–water partition coefficient (Wildman–Crippen LogP) is 2.12. The zero-order chi connectivity index (χ0) is 13.2. The molecule has 0 aromatic rings. The minimum absolute atomic E-state index is 0.363. The van der Waals surface area contributed by atoms with Crippen LogP contribution in [-0.4, -0.2) is 50.8 Å². The molecule has 3 nitrogen and oxygen atoms in total. The van der Waals surface area contributed by atoms with Gasteiger partial charge < -0.3 is 10.1 Å². The van der Waals surface area contributed by atoms with Crippen LogP contribution in [0.4, 0.5) is 0 Å². The van der Waals surface area contributed by atoms with E-state index in [9.17, 15) is 0 Å². The summed E-state index contributed by atoms with van der Waals surface area (Å²) < 4.78 is 5.25. The molecule has 106 valence electrons. The Balaban J connectivity index is 1.83. The minimum Gasteiger partial charge on any atom is -0.385 e. The van der Waals surface area contributed by atoms with Gasteiger partial charge in [0.1, 0.15) is 0 Å². The number of hydrogen-bond acceptors (Lipinski definition) is 3. The van der Waals surface area contributed by atoms with Gasteiger partial charge in [-0.15, -0.1) is 0 Å². The Bertz CT molecular complexity index is 268. The molecule has 0 bridgehead atoms. The van der Waals surface area contributed by atoms with Gasteiger partial charge in [0.25, 0.3) is 0 Å². The third-order valence-electron chi connectivity index (χ3n) is 4.66. The maximum absolute atomic E-state index is 5.25. The third kappa shape index (κ3) is 3.69. The molecule has 2 fully saturated rings. The zero-order valence-electron chi connectivity index (χ0n) is 12.6. The standard InChI is InChI=1S/C15H30N2O/c1-14(2,3)13-11-17(9-8-16-13)12-15(5-6-15)7-10-18-4/h13,16H,5-12H2,1-4H3. The molecule has 0 radical (unpaired) electrons. The molecule has 2 rings (SSSR count). The Morgan fingerprint density at radius 3 is 2.61 bits per heavy atom. The lowest BCUT2D eigenvalue weighted by Gasteiger charge is -2.41. The fourth-order valence-corrected chi connectivity index (χ4v) is 2.99. The van der Waals surface area contributed by atoms with Gasteiger partial charge in [0, 0.05) is 45.9 Å². The van der Waals surface area contributed by atoms with Gasteiger partial charge in [-0.2, -0.15) is 0 Å². The fraction of sp³-hybridized carbons (Fsp3) is 1.00. The van der Waals surface area contributed by atoms with Crippen LogP contribution in [-0.2, 0) is 4.74 Å². The van der Waals surface area contributed by atoms with Crippen molar-refractivity contribution < 1.29 is 4.74 Å². The monoisotopic (exact) mass is 254 g/mol. The zero-order valence-corrected chi connectivity index (χ0v) is 12.6. The van der Waals surface area contributed by atoms with Crippen LogP contribution in [0.1, 0.15) is 40.0 Å². The van der Waals surface area contributed by atoms with E-state index in [-0.39, 0.29) is 0 Å². The number of nitrogens with zero attached hydrogens (tertiary/aromatic N) is 1. The molecule has 0 aromatic carbocycles. The highest BCUT2D eigenvalue weighted by molar-refractivity contribution is 4.97. The lowest BCUT2D eigenvalue weighted by atomic mass is 9.85. The number of ether oxygens (including phenoxy) is 1. The molecular formula is C15H30N2O. The van der Waals surface area contributed by atoms with Gasteiger partial charge in [-0.05, 0) is 30.1 Å². The van der Waals surface area contributed by atoms with Gasteiger partial charge in [-0.1, -0.05) is 20.8 Å². The smallest absolute Gasteiger partial charge is 0.0468 e. The topological polar surface area (TPSA) is 24.5 Å². The molecule has 0 aromatic heterocycles. The highest BCUT2D eigenvalue weighted by atomic mass is 16.5. The summed E-state index contributed by atoms with van der Waals surface area (Å²) in [5.41, 5.74) is 0.956. The quantitative estimate of drug-likeness (QED) is 0.813. The van der Waals surface area contributed by atoms with E-state index in [1.54, 1.807) is 0 Å². The molecule has 1 unspecified atom stereocenters. The largest absolute Gasteiger partial charge is 0.385 e. The van der Waals surface area contributed by atoms with Gasteiger partial charge in [-0.3, -0.25) is 4.90 Å². The van der Waals surface area contributed by atoms with Crippen LogP contribution in [0.2, 0.25) is 0 Å². The average molecular weight is 254 g/mol. The summed E-state index contributed by atoms with van der Waals surface area (Å²) in [7, 11) is 1.82. The van der Waals surface area contributed by atoms with Crippen molar-refractivity contribution >= 4 is 0 Å². The number of piperazine rings is 1. The molecule has 0 spiro atoms. The van der Waals surface area contributed by atoms with Crippen molar-refractivity contribution in [2.45, 2.75) is 46.1 Å². The van der Waals surface area contributed by atoms with Crippen molar-refractivity contribution in [1.29, 1.82) is 0 Å². The second-order valence-electron chi connectivity index (χ2n) is 7.35. The molecular weight excluding hydrogens is 224 g/mol. The number of methoxy groups -OCH3 is 1. The summed E-state index contributed by atoms with van der Waals surface area (Å²) in [5.74, 6) is 0. The van der Waals surface area contributed by atoms with Gasteiger partial charge in [-0.25, -0.2) is 0 Å². The lowest BCUT2D eigenvalue weighted by molar-refractivity contribution is 0.100. The third-order valence-corrected chi connectivity index (χ3v) is 4.66. The van der Waals surface area contributed by atoms with Gasteiger partial charge in [0.2, 0.25) is 0 Å². The molecule has 1 saturated heterocycles. The van der Waals surface area contributed by atoms with Crippen LogP contribution in [0.15, 0.2) is 0 Å². The van der Waals surface area contributed by atoms with Crippen molar-refractivity contribution in [2.24, 2.45) is 10.8 Å². The summed E-state index contributed by atoms with van der Waals surface area (Å²) in [6, 6.07) is 0.629. The Labute approximate surface area is 112 Å². The molecule has 1 N–H and O–H groups in total. The van der Waals surface area contributed by atoms with Crippen molar-refractivity contribution in [1.82, 2.24) is 10.2 Å². The molecule has 0 amide bonds. The van der Waals surface area contributed by atoms with E-state index in [4.69, 9.17) is 4.74 Å². The number of rotatable bonds is 5. The highest BCUT2D eigenvalue weighted by Gasteiger charge is 2.44. The molecule has 18 heavy (non-hydrogen) atoms. The SMILES string of the molecule is COCCC1(CN2CCNC(C(C)(C)C)C2)CC1. The van der Waals surface area contributed by atoms with Crippen molar-refractivity contribution in [3.8, 4) is 0 Å². The first-order valence-corrected chi connectivity index (χ1v) is 7.40. The Morgan fingerprint density at radius 2 is 2.06 bits per heavy atom. The second-order valence-corrected chi connectivity index (χ2v) is 7.35. The van der Waals surface area contributed by atoms with Crippen molar-refractivity contribution in [2.75, 3.05) is 39.9 Å². The summed E-state index contributed by atoms with van der Waals surface area (Å²) in [6.45, 7) is 12.8. The first kappa shape index (κ1) is 14.3. The van der Waals surface area contributed by atoms with Crippen LogP contribution < -0.4 is 5.32 Å². The van der Waals surface area contributed by atoms with E-state index in [0.717, 1.165) is 13.2 Å². The van der Waals surface area contributed by atoms with E-state index < -0.39 is 0 Å². The second kappa shape index (κ2) is 5.48. The van der Waals surface area contributed by atoms with Crippen molar-refractivity contribution in [3.63, 3.8) is 0 Å². The van der Waals surface area contributed by atoms with Crippen LogP contribution in [0.25, 0.3) is 0 Å². The van der Waals surface area contributed by atoms with Gasteiger partial charge >= 0.3 is 0 Å². The summed E-state index contributed by atoms with van der Waals surface area (Å²) in [5, 5.41) is 3.67. The Morgan fingerprint density at radius 1 is 1.33 bits per heavy atom. The van der Waals surface area contributed by atoms with E-state index in [1.807, 2.05) is 7.11 Å². The molecule has 1 saturated carbocycles. The van der Waals surface area contributed by atoms with Gasteiger partial charge in [0.05, 0.1) is 0 Å². The van der Waals surface area contributed by atoms with E-state index >= 15 is 0 Å². The minimum atomic E-state index is 0.363. The van der Waals surface area contributed by atoms with Crippen LogP contribution in [0.3, 0.4) is 0 Å². The van der Waals surface area contributed by atoms with Crippen LogP contribution >= 0.6 is 0 Å². The van der Waals surface area contributed by atoms with Crippen LogP contribution in [0.5, 0.6) is 0 Å². The molecule has 2 aliphatic rings. The summed E-state index contributed by atoms with van der Waals surface area (Å²) in [4.78, 5) is 2.68. The first-order valence-electron chi connectivity index (χ1n) is 7.40. The number of nitrogens with one attached hydrogen (secondary N) is 1. The first-order chi connectivity index (χ1) is 8.45. The normalized spacial score (nSPS) is 28.3. The maximum atomic E-state index is 5.25. The molecule has 1 aliphatic carbocycles.